The van der Waals surface area contributed by atoms with Crippen molar-refractivity contribution in [2.45, 2.75) is 23.8 Å². The highest BCUT2D eigenvalue weighted by molar-refractivity contribution is 8.07. The predicted octanol–water partition coefficient (Wildman–Crippen LogP) is 4.90. The van der Waals surface area contributed by atoms with Crippen LogP contribution >= 0.6 is 35.1 Å². The maximum atomic E-state index is 12.7. The molecule has 2 atom stereocenters. The molecular formula is C15H15ClO2S2. The number of carbonyl (C=O) groups excluding carboxylic acids is 1. The number of hydrogen-bond acceptors (Lipinski definition) is 4. The largest absolute Gasteiger partial charge is 0.451 e. The Bertz CT molecular complexity index is 638. The van der Waals surface area contributed by atoms with Gasteiger partial charge in [0.05, 0.1) is 10.3 Å². The molecule has 1 fully saturated rings. The molecule has 20 heavy (non-hydrogen) atoms. The minimum atomic E-state index is -0.00177. The summed E-state index contributed by atoms with van der Waals surface area (Å²) in [5, 5.41) is 1.82. The number of benzene rings is 1. The molecular weight excluding hydrogens is 312 g/mol. The maximum absolute atomic E-state index is 12.7. The van der Waals surface area contributed by atoms with Crippen LogP contribution in [0.1, 0.15) is 23.9 Å². The van der Waals surface area contributed by atoms with Crippen LogP contribution in [0.4, 0.5) is 0 Å². The van der Waals surface area contributed by atoms with Gasteiger partial charge in [-0.1, -0.05) is 30.7 Å². The van der Waals surface area contributed by atoms with E-state index in [4.69, 9.17) is 16.0 Å². The van der Waals surface area contributed by atoms with Gasteiger partial charge in [-0.3, -0.25) is 4.79 Å². The van der Waals surface area contributed by atoms with Gasteiger partial charge < -0.3 is 4.42 Å². The van der Waals surface area contributed by atoms with Gasteiger partial charge in [-0.05, 0) is 18.6 Å². The van der Waals surface area contributed by atoms with Crippen LogP contribution in [0.2, 0.25) is 5.02 Å². The third-order valence-corrected chi connectivity index (χ3v) is 6.99. The summed E-state index contributed by atoms with van der Waals surface area (Å²) in [6, 6.07) is 7.38. The fourth-order valence-electron chi connectivity index (χ4n) is 2.43. The second-order valence-electron chi connectivity index (χ2n) is 4.74. The molecule has 1 saturated heterocycles. The van der Waals surface area contributed by atoms with Gasteiger partial charge in [0, 0.05) is 22.1 Å². The number of rotatable bonds is 3. The van der Waals surface area contributed by atoms with Gasteiger partial charge in [-0.2, -0.15) is 11.8 Å². The molecule has 2 heterocycles. The van der Waals surface area contributed by atoms with Crippen LogP contribution in [0, 0.1) is 0 Å². The first-order valence-electron chi connectivity index (χ1n) is 6.66. The molecule has 1 aliphatic rings. The summed E-state index contributed by atoms with van der Waals surface area (Å²) in [6.07, 6.45) is 1.01. The van der Waals surface area contributed by atoms with Gasteiger partial charge in [-0.15, -0.1) is 11.8 Å². The minimum Gasteiger partial charge on any atom is -0.451 e. The Hall–Kier alpha value is -0.580. The topological polar surface area (TPSA) is 30.2 Å². The van der Waals surface area contributed by atoms with E-state index < -0.39 is 0 Å². The molecule has 0 spiro atoms. The number of hydrogen-bond donors (Lipinski definition) is 0. The first kappa shape index (κ1) is 14.4. The van der Waals surface area contributed by atoms with Crippen molar-refractivity contribution in [2.75, 3.05) is 11.5 Å². The van der Waals surface area contributed by atoms with Crippen LogP contribution in [-0.4, -0.2) is 27.8 Å². The van der Waals surface area contributed by atoms with Gasteiger partial charge in [0.1, 0.15) is 0 Å². The average Bonchev–Trinajstić information content (AvgIpc) is 2.92. The molecule has 5 heteroatoms. The van der Waals surface area contributed by atoms with E-state index >= 15 is 0 Å². The molecule has 2 aromatic rings. The first-order chi connectivity index (χ1) is 9.70. The fraction of sp³-hybridized carbons (Fsp3) is 0.400. The number of furan rings is 1. The van der Waals surface area contributed by atoms with Crippen LogP contribution < -0.4 is 0 Å². The standard InChI is InChI=1S/C15H15ClO2S2/c1-2-12-15(20-7-6-19-12)13(17)11-8-9-4-3-5-10(16)14(9)18-11/h3-5,8,12,15H,2,6-7H2,1H3. The summed E-state index contributed by atoms with van der Waals surface area (Å²) in [4.78, 5) is 12.7. The van der Waals surface area contributed by atoms with Crippen molar-refractivity contribution in [3.63, 3.8) is 0 Å². The molecule has 3 rings (SSSR count). The lowest BCUT2D eigenvalue weighted by Gasteiger charge is -2.27. The number of thioether (sulfide) groups is 2. The monoisotopic (exact) mass is 326 g/mol. The zero-order valence-electron chi connectivity index (χ0n) is 11.1. The fourth-order valence-corrected chi connectivity index (χ4v) is 5.66. The normalized spacial score (nSPS) is 23.1. The summed E-state index contributed by atoms with van der Waals surface area (Å²) < 4.78 is 5.70. The zero-order valence-corrected chi connectivity index (χ0v) is 13.5. The molecule has 0 radical (unpaired) electrons. The lowest BCUT2D eigenvalue weighted by Crippen LogP contribution is -2.32. The Morgan fingerprint density at radius 3 is 2.95 bits per heavy atom. The SMILES string of the molecule is CCC1SCCSC1C(=O)c1cc2cccc(Cl)c2o1. The zero-order chi connectivity index (χ0) is 14.1. The highest BCUT2D eigenvalue weighted by atomic mass is 35.5. The van der Waals surface area contributed by atoms with Crippen molar-refractivity contribution < 1.29 is 9.21 Å². The summed E-state index contributed by atoms with van der Waals surface area (Å²) in [5.41, 5.74) is 0.610. The van der Waals surface area contributed by atoms with E-state index in [-0.39, 0.29) is 11.0 Å². The number of fused-ring (bicyclic) bond motifs is 1. The van der Waals surface area contributed by atoms with Crippen LogP contribution in [0.25, 0.3) is 11.0 Å². The Morgan fingerprint density at radius 2 is 2.20 bits per heavy atom. The smallest absolute Gasteiger partial charge is 0.212 e. The summed E-state index contributed by atoms with van der Waals surface area (Å²) >= 11 is 9.75. The lowest BCUT2D eigenvalue weighted by atomic mass is 10.1. The molecule has 0 aliphatic carbocycles. The Morgan fingerprint density at radius 1 is 1.40 bits per heavy atom. The van der Waals surface area contributed by atoms with E-state index in [1.54, 1.807) is 17.8 Å². The van der Waals surface area contributed by atoms with Gasteiger partial charge >= 0.3 is 0 Å². The van der Waals surface area contributed by atoms with E-state index in [0.717, 1.165) is 23.3 Å². The first-order valence-corrected chi connectivity index (χ1v) is 9.13. The predicted molar refractivity (Wildman–Crippen MR) is 88.3 cm³/mol. The molecule has 0 N–H and O–H groups in total. The van der Waals surface area contributed by atoms with Gasteiger partial charge in [0.15, 0.2) is 11.3 Å². The Balaban J connectivity index is 1.93. The van der Waals surface area contributed by atoms with E-state index in [1.165, 1.54) is 0 Å². The van der Waals surface area contributed by atoms with E-state index in [1.807, 2.05) is 30.0 Å². The van der Waals surface area contributed by atoms with Crippen molar-refractivity contribution in [3.05, 3.63) is 35.0 Å². The third-order valence-electron chi connectivity index (χ3n) is 3.45. The van der Waals surface area contributed by atoms with E-state index in [9.17, 15) is 4.79 Å². The second-order valence-corrected chi connectivity index (χ2v) is 7.75. The highest BCUT2D eigenvalue weighted by Gasteiger charge is 2.33. The summed E-state index contributed by atoms with van der Waals surface area (Å²) in [7, 11) is 0. The summed E-state index contributed by atoms with van der Waals surface area (Å²) in [5.74, 6) is 2.69. The van der Waals surface area contributed by atoms with Gasteiger partial charge in [0.2, 0.25) is 5.78 Å². The molecule has 2 unspecified atom stereocenters. The molecule has 2 nitrogen and oxygen atoms in total. The van der Waals surface area contributed by atoms with Crippen molar-refractivity contribution in [1.82, 2.24) is 0 Å². The Kier molecular flexibility index (Phi) is 4.34. The van der Waals surface area contributed by atoms with Gasteiger partial charge in [0.25, 0.3) is 0 Å². The number of halogens is 1. The quantitative estimate of drug-likeness (QED) is 0.751. The van der Waals surface area contributed by atoms with E-state index in [0.29, 0.717) is 21.6 Å². The molecule has 106 valence electrons. The summed E-state index contributed by atoms with van der Waals surface area (Å²) in [6.45, 7) is 2.14. The molecule has 1 aromatic heterocycles. The van der Waals surface area contributed by atoms with Crippen molar-refractivity contribution in [2.24, 2.45) is 0 Å². The second kappa shape index (κ2) is 6.04. The van der Waals surface area contributed by atoms with Crippen molar-refractivity contribution in [3.8, 4) is 0 Å². The van der Waals surface area contributed by atoms with E-state index in [2.05, 4.69) is 6.92 Å². The van der Waals surface area contributed by atoms with Crippen LogP contribution in [-0.2, 0) is 0 Å². The van der Waals surface area contributed by atoms with Crippen LogP contribution in [0.15, 0.2) is 28.7 Å². The third kappa shape index (κ3) is 2.61. The lowest BCUT2D eigenvalue weighted by molar-refractivity contribution is 0.0963. The molecule has 0 saturated carbocycles. The Labute approximate surface area is 131 Å². The minimum absolute atomic E-state index is 0.00177. The number of carbonyl (C=O) groups is 1. The number of Topliss-reactive ketones (excluding diaryl/α,β-unsaturated/α-hetero) is 1. The molecule has 0 amide bonds. The van der Waals surface area contributed by atoms with Crippen molar-refractivity contribution in [1.29, 1.82) is 0 Å². The highest BCUT2D eigenvalue weighted by Crippen LogP contribution is 2.36. The molecule has 1 aliphatic heterocycles. The van der Waals surface area contributed by atoms with Crippen molar-refractivity contribution >= 4 is 51.9 Å². The van der Waals surface area contributed by atoms with Crippen LogP contribution in [0.5, 0.6) is 0 Å². The molecule has 0 bridgehead atoms. The average molecular weight is 327 g/mol. The van der Waals surface area contributed by atoms with Crippen LogP contribution in [0.3, 0.4) is 0 Å². The maximum Gasteiger partial charge on any atom is 0.212 e. The van der Waals surface area contributed by atoms with Gasteiger partial charge in [-0.25, -0.2) is 0 Å². The number of para-hydroxylation sites is 1. The number of ketones is 1. The molecule has 1 aromatic carbocycles.